The van der Waals surface area contributed by atoms with Crippen molar-refractivity contribution in [3.05, 3.63) is 84.4 Å². The number of rotatable bonds is 7. The number of hydrogen-bond donors (Lipinski definition) is 1. The van der Waals surface area contributed by atoms with Gasteiger partial charge in [0, 0.05) is 26.4 Å². The molecule has 1 heterocycles. The predicted octanol–water partition coefficient (Wildman–Crippen LogP) is 4.47. The number of nitrogens with one attached hydrogen (secondary N) is 1. The van der Waals surface area contributed by atoms with E-state index in [4.69, 9.17) is 4.74 Å². The van der Waals surface area contributed by atoms with Crippen molar-refractivity contribution in [2.24, 2.45) is 0 Å². The topological polar surface area (TPSA) is 61.9 Å². The zero-order chi connectivity index (χ0) is 22.3. The van der Waals surface area contributed by atoms with Crippen LogP contribution in [0.4, 0.5) is 17.1 Å². The summed E-state index contributed by atoms with van der Waals surface area (Å²) < 4.78 is 5.61. The molecule has 164 valence electrons. The Hall–Kier alpha value is -3.80. The van der Waals surface area contributed by atoms with Gasteiger partial charge in [-0.25, -0.2) is 0 Å². The summed E-state index contributed by atoms with van der Waals surface area (Å²) in [6.07, 6.45) is 0.261. The Morgan fingerprint density at radius 3 is 2.50 bits per heavy atom. The van der Waals surface area contributed by atoms with Crippen LogP contribution in [-0.2, 0) is 16.1 Å². The molecule has 0 unspecified atom stereocenters. The highest BCUT2D eigenvalue weighted by Gasteiger charge is 2.23. The molecule has 3 aromatic rings. The Labute approximate surface area is 188 Å². The number of carbonyl (C=O) groups is 2. The number of carbonyl (C=O) groups excluding carboxylic acids is 2. The molecule has 0 atom stereocenters. The summed E-state index contributed by atoms with van der Waals surface area (Å²) in [4.78, 5) is 29.2. The Bertz CT molecular complexity index is 1080. The van der Waals surface area contributed by atoms with Crippen molar-refractivity contribution in [2.45, 2.75) is 19.4 Å². The minimum Gasteiger partial charge on any atom is -0.490 e. The van der Waals surface area contributed by atoms with Crippen molar-refractivity contribution >= 4 is 28.9 Å². The summed E-state index contributed by atoms with van der Waals surface area (Å²) in [6, 6.07) is 25.4. The normalized spacial score (nSPS) is 12.5. The van der Waals surface area contributed by atoms with Gasteiger partial charge in [0.05, 0.1) is 23.6 Å². The molecule has 3 aromatic carbocycles. The smallest absolute Gasteiger partial charge is 0.227 e. The first-order chi connectivity index (χ1) is 15.6. The summed E-state index contributed by atoms with van der Waals surface area (Å²) in [5.74, 6) is 0.442. The first kappa shape index (κ1) is 21.4. The molecule has 4 rings (SSSR count). The van der Waals surface area contributed by atoms with Gasteiger partial charge in [-0.1, -0.05) is 54.6 Å². The molecule has 0 fully saturated rings. The molecule has 0 spiro atoms. The monoisotopic (exact) mass is 429 g/mol. The van der Waals surface area contributed by atoms with Crippen LogP contribution in [0.1, 0.15) is 18.4 Å². The highest BCUT2D eigenvalue weighted by atomic mass is 16.5. The van der Waals surface area contributed by atoms with Crippen molar-refractivity contribution in [3.8, 4) is 5.75 Å². The standard InChI is InChI=1S/C26H27N3O3/c1-28(19-20-9-3-2-4-10-20)22-12-6-5-11-21(22)27-25(30)15-16-26(31)29-17-18-32-24-14-8-7-13-23(24)29/h2-14H,15-19H2,1H3,(H,27,30). The second-order valence-corrected chi connectivity index (χ2v) is 7.77. The minimum atomic E-state index is -0.180. The van der Waals surface area contributed by atoms with Gasteiger partial charge in [0.15, 0.2) is 0 Å². The van der Waals surface area contributed by atoms with E-state index in [1.54, 1.807) is 4.90 Å². The lowest BCUT2D eigenvalue weighted by molar-refractivity contribution is -0.122. The third kappa shape index (κ3) is 5.09. The van der Waals surface area contributed by atoms with Crippen LogP contribution in [-0.4, -0.2) is 32.0 Å². The zero-order valence-electron chi connectivity index (χ0n) is 18.2. The van der Waals surface area contributed by atoms with Gasteiger partial charge in [-0.3, -0.25) is 9.59 Å². The first-order valence-corrected chi connectivity index (χ1v) is 10.8. The van der Waals surface area contributed by atoms with Gasteiger partial charge in [-0.2, -0.15) is 0 Å². The number of amides is 2. The van der Waals surface area contributed by atoms with E-state index in [2.05, 4.69) is 22.3 Å². The van der Waals surface area contributed by atoms with E-state index in [0.717, 1.165) is 23.6 Å². The lowest BCUT2D eigenvalue weighted by Crippen LogP contribution is -2.38. The van der Waals surface area contributed by atoms with Crippen LogP contribution >= 0.6 is 0 Å². The van der Waals surface area contributed by atoms with Crippen molar-refractivity contribution in [2.75, 3.05) is 35.3 Å². The summed E-state index contributed by atoms with van der Waals surface area (Å²) >= 11 is 0. The van der Waals surface area contributed by atoms with E-state index in [1.807, 2.05) is 73.8 Å². The summed E-state index contributed by atoms with van der Waals surface area (Å²) in [6.45, 7) is 1.67. The average Bonchev–Trinajstić information content (AvgIpc) is 2.83. The Kier molecular flexibility index (Phi) is 6.70. The van der Waals surface area contributed by atoms with E-state index in [0.29, 0.717) is 18.9 Å². The quantitative estimate of drug-likeness (QED) is 0.602. The van der Waals surface area contributed by atoms with E-state index in [-0.39, 0.29) is 24.7 Å². The predicted molar refractivity (Wildman–Crippen MR) is 127 cm³/mol. The molecule has 1 N–H and O–H groups in total. The second-order valence-electron chi connectivity index (χ2n) is 7.77. The number of hydrogen-bond acceptors (Lipinski definition) is 4. The van der Waals surface area contributed by atoms with E-state index < -0.39 is 0 Å². The van der Waals surface area contributed by atoms with Gasteiger partial charge in [0.1, 0.15) is 12.4 Å². The Balaban J connectivity index is 1.36. The lowest BCUT2D eigenvalue weighted by atomic mass is 10.1. The largest absolute Gasteiger partial charge is 0.490 e. The van der Waals surface area contributed by atoms with E-state index in [9.17, 15) is 9.59 Å². The van der Waals surface area contributed by atoms with Crippen LogP contribution in [0, 0.1) is 0 Å². The van der Waals surface area contributed by atoms with E-state index >= 15 is 0 Å². The van der Waals surface area contributed by atoms with Crippen LogP contribution in [0.5, 0.6) is 5.75 Å². The third-order valence-electron chi connectivity index (χ3n) is 5.45. The number of para-hydroxylation sites is 4. The number of anilines is 3. The maximum atomic E-state index is 12.8. The zero-order valence-corrected chi connectivity index (χ0v) is 18.2. The van der Waals surface area contributed by atoms with Crippen LogP contribution in [0.15, 0.2) is 78.9 Å². The summed E-state index contributed by atoms with van der Waals surface area (Å²) in [7, 11) is 2.00. The van der Waals surface area contributed by atoms with Gasteiger partial charge < -0.3 is 19.9 Å². The molecule has 6 heteroatoms. The van der Waals surface area contributed by atoms with Gasteiger partial charge >= 0.3 is 0 Å². The molecule has 0 saturated heterocycles. The molecular formula is C26H27N3O3. The van der Waals surface area contributed by atoms with Gasteiger partial charge in [-0.15, -0.1) is 0 Å². The number of benzene rings is 3. The van der Waals surface area contributed by atoms with Crippen molar-refractivity contribution in [1.82, 2.24) is 0 Å². The highest BCUT2D eigenvalue weighted by molar-refractivity contribution is 6.00. The average molecular weight is 430 g/mol. The fourth-order valence-corrected chi connectivity index (χ4v) is 3.85. The molecule has 32 heavy (non-hydrogen) atoms. The second kappa shape index (κ2) is 10.0. The molecule has 1 aliphatic heterocycles. The van der Waals surface area contributed by atoms with Crippen LogP contribution < -0.4 is 19.9 Å². The Morgan fingerprint density at radius 1 is 0.938 bits per heavy atom. The molecule has 0 radical (unpaired) electrons. The highest BCUT2D eigenvalue weighted by Crippen LogP contribution is 2.31. The maximum Gasteiger partial charge on any atom is 0.227 e. The fourth-order valence-electron chi connectivity index (χ4n) is 3.85. The van der Waals surface area contributed by atoms with Crippen molar-refractivity contribution in [1.29, 1.82) is 0 Å². The third-order valence-corrected chi connectivity index (χ3v) is 5.45. The number of ether oxygens (including phenoxy) is 1. The molecular weight excluding hydrogens is 402 g/mol. The van der Waals surface area contributed by atoms with Gasteiger partial charge in [0.2, 0.25) is 11.8 Å². The number of fused-ring (bicyclic) bond motifs is 1. The van der Waals surface area contributed by atoms with Crippen molar-refractivity contribution < 1.29 is 14.3 Å². The fraction of sp³-hybridized carbons (Fsp3) is 0.231. The molecule has 0 bridgehead atoms. The minimum absolute atomic E-state index is 0.0784. The SMILES string of the molecule is CN(Cc1ccccc1)c1ccccc1NC(=O)CCC(=O)N1CCOc2ccccc21. The van der Waals surface area contributed by atoms with Crippen LogP contribution in [0.25, 0.3) is 0 Å². The van der Waals surface area contributed by atoms with Crippen LogP contribution in [0.2, 0.25) is 0 Å². The maximum absolute atomic E-state index is 12.8. The molecule has 2 amide bonds. The molecule has 1 aliphatic rings. The number of nitrogens with zero attached hydrogens (tertiary/aromatic N) is 2. The van der Waals surface area contributed by atoms with Gasteiger partial charge in [-0.05, 0) is 29.8 Å². The van der Waals surface area contributed by atoms with Crippen molar-refractivity contribution in [3.63, 3.8) is 0 Å². The lowest BCUT2D eigenvalue weighted by Gasteiger charge is -2.29. The molecule has 0 aromatic heterocycles. The first-order valence-electron chi connectivity index (χ1n) is 10.8. The summed E-state index contributed by atoms with van der Waals surface area (Å²) in [5, 5.41) is 2.98. The van der Waals surface area contributed by atoms with Gasteiger partial charge in [0.25, 0.3) is 0 Å². The molecule has 0 saturated carbocycles. The van der Waals surface area contributed by atoms with E-state index in [1.165, 1.54) is 5.56 Å². The molecule has 6 nitrogen and oxygen atoms in total. The van der Waals surface area contributed by atoms with Crippen LogP contribution in [0.3, 0.4) is 0 Å². The summed E-state index contributed by atoms with van der Waals surface area (Å²) in [5.41, 5.74) is 3.61. The Morgan fingerprint density at radius 2 is 1.66 bits per heavy atom. The molecule has 0 aliphatic carbocycles.